The molecule has 1 N–H and O–H groups in total. The largest absolute Gasteiger partial charge is 0.481 e. The standard InChI is InChI=1S/C24H23ClN2O3/c1-3-12-30-22-10-6-16(13-20(22)25)19(14-17-7-11-23(28)26-17)21-9-8-18(15-4-5-15)24(27-21)29-2/h1,6,8-10,13-15,17H,4-5,7,11-12H2,2H3,(H,26,28)/b19-14+/t17-/m1/s1. The van der Waals surface area contributed by atoms with Crippen molar-refractivity contribution in [3.63, 3.8) is 0 Å². The van der Waals surface area contributed by atoms with Crippen molar-refractivity contribution in [1.82, 2.24) is 10.3 Å². The molecule has 0 unspecified atom stereocenters. The summed E-state index contributed by atoms with van der Waals surface area (Å²) in [4.78, 5) is 16.5. The lowest BCUT2D eigenvalue weighted by atomic mass is 9.98. The van der Waals surface area contributed by atoms with Gasteiger partial charge >= 0.3 is 0 Å². The molecule has 1 aliphatic carbocycles. The van der Waals surface area contributed by atoms with Crippen LogP contribution in [0.25, 0.3) is 5.57 Å². The van der Waals surface area contributed by atoms with E-state index in [-0.39, 0.29) is 18.6 Å². The lowest BCUT2D eigenvalue weighted by Crippen LogP contribution is -2.23. The molecule has 1 saturated heterocycles. The number of ether oxygens (including phenoxy) is 2. The fourth-order valence-electron chi connectivity index (χ4n) is 3.67. The van der Waals surface area contributed by atoms with E-state index in [1.165, 1.54) is 12.8 Å². The zero-order chi connectivity index (χ0) is 21.1. The molecular weight excluding hydrogens is 400 g/mol. The Labute approximate surface area is 181 Å². The minimum absolute atomic E-state index is 0.0560. The summed E-state index contributed by atoms with van der Waals surface area (Å²) in [6, 6.07) is 9.59. The number of benzene rings is 1. The molecule has 1 aromatic carbocycles. The fourth-order valence-corrected chi connectivity index (χ4v) is 3.90. The minimum atomic E-state index is -0.0560. The maximum Gasteiger partial charge on any atom is 0.220 e. The van der Waals surface area contributed by atoms with E-state index < -0.39 is 0 Å². The van der Waals surface area contributed by atoms with Crippen molar-refractivity contribution in [1.29, 1.82) is 0 Å². The summed E-state index contributed by atoms with van der Waals surface area (Å²) in [6.07, 6.45) is 10.9. The van der Waals surface area contributed by atoms with Gasteiger partial charge in [-0.05, 0) is 48.9 Å². The van der Waals surface area contributed by atoms with Gasteiger partial charge in [-0.1, -0.05) is 35.7 Å². The van der Waals surface area contributed by atoms with Crippen molar-refractivity contribution >= 4 is 23.1 Å². The smallest absolute Gasteiger partial charge is 0.220 e. The van der Waals surface area contributed by atoms with Gasteiger partial charge in [0, 0.05) is 23.6 Å². The summed E-state index contributed by atoms with van der Waals surface area (Å²) in [6.45, 7) is 0.150. The van der Waals surface area contributed by atoms with Crippen molar-refractivity contribution in [2.45, 2.75) is 37.6 Å². The van der Waals surface area contributed by atoms with Gasteiger partial charge < -0.3 is 14.8 Å². The molecule has 4 rings (SSSR count). The molecule has 154 valence electrons. The van der Waals surface area contributed by atoms with Gasteiger partial charge in [-0.25, -0.2) is 4.98 Å². The first-order chi connectivity index (χ1) is 14.6. The highest BCUT2D eigenvalue weighted by molar-refractivity contribution is 6.32. The highest BCUT2D eigenvalue weighted by atomic mass is 35.5. The summed E-state index contributed by atoms with van der Waals surface area (Å²) < 4.78 is 11.1. The minimum Gasteiger partial charge on any atom is -0.481 e. The molecule has 2 aliphatic rings. The van der Waals surface area contributed by atoms with Gasteiger partial charge in [0.2, 0.25) is 11.8 Å². The SMILES string of the molecule is C#CCOc1ccc(/C(=C\[C@H]2CCC(=O)N2)c2ccc(C3CC3)c(OC)n2)cc1Cl. The molecule has 5 nitrogen and oxygen atoms in total. The number of aromatic nitrogens is 1. The van der Waals surface area contributed by atoms with Crippen LogP contribution in [0.3, 0.4) is 0 Å². The Morgan fingerprint density at radius 3 is 2.80 bits per heavy atom. The second-order valence-electron chi connectivity index (χ2n) is 7.50. The van der Waals surface area contributed by atoms with Gasteiger partial charge in [0.1, 0.15) is 12.4 Å². The number of amides is 1. The zero-order valence-corrected chi connectivity index (χ0v) is 17.5. The van der Waals surface area contributed by atoms with Crippen molar-refractivity contribution in [3.05, 3.63) is 58.3 Å². The van der Waals surface area contributed by atoms with E-state index >= 15 is 0 Å². The monoisotopic (exact) mass is 422 g/mol. The number of halogens is 1. The second kappa shape index (κ2) is 8.81. The summed E-state index contributed by atoms with van der Waals surface area (Å²) in [7, 11) is 1.65. The van der Waals surface area contributed by atoms with Crippen LogP contribution in [-0.2, 0) is 4.79 Å². The molecule has 0 spiro atoms. The van der Waals surface area contributed by atoms with Crippen LogP contribution in [0.5, 0.6) is 11.6 Å². The molecule has 2 aromatic rings. The van der Waals surface area contributed by atoms with Crippen LogP contribution in [0.15, 0.2) is 36.4 Å². The molecule has 1 aromatic heterocycles. The van der Waals surface area contributed by atoms with E-state index in [1.807, 2.05) is 24.3 Å². The average Bonchev–Trinajstić information content (AvgIpc) is 3.52. The van der Waals surface area contributed by atoms with Crippen molar-refractivity contribution < 1.29 is 14.3 Å². The van der Waals surface area contributed by atoms with E-state index in [0.717, 1.165) is 28.8 Å². The molecule has 30 heavy (non-hydrogen) atoms. The van der Waals surface area contributed by atoms with E-state index in [4.69, 9.17) is 32.5 Å². The third kappa shape index (κ3) is 4.44. The van der Waals surface area contributed by atoms with E-state index in [1.54, 1.807) is 13.2 Å². The van der Waals surface area contributed by atoms with Gasteiger partial charge in [0.15, 0.2) is 0 Å². The van der Waals surface area contributed by atoms with Gasteiger partial charge in [-0.15, -0.1) is 6.42 Å². The van der Waals surface area contributed by atoms with Crippen molar-refractivity contribution in [2.75, 3.05) is 13.7 Å². The molecule has 0 radical (unpaired) electrons. The Morgan fingerprint density at radius 2 is 2.17 bits per heavy atom. The third-order valence-corrected chi connectivity index (χ3v) is 5.62. The van der Waals surface area contributed by atoms with Crippen molar-refractivity contribution in [3.8, 4) is 24.0 Å². The highest BCUT2D eigenvalue weighted by Gasteiger charge is 2.28. The van der Waals surface area contributed by atoms with Gasteiger partial charge in [0.25, 0.3) is 0 Å². The number of methoxy groups -OCH3 is 1. The first kappa shape index (κ1) is 20.3. The Morgan fingerprint density at radius 1 is 1.33 bits per heavy atom. The normalized spacial score (nSPS) is 18.6. The Bertz CT molecular complexity index is 1040. The highest BCUT2D eigenvalue weighted by Crippen LogP contribution is 2.44. The van der Waals surface area contributed by atoms with Crippen LogP contribution in [0.4, 0.5) is 0 Å². The van der Waals surface area contributed by atoms with E-state index in [9.17, 15) is 4.79 Å². The molecule has 0 bridgehead atoms. The molecule has 1 saturated carbocycles. The second-order valence-corrected chi connectivity index (χ2v) is 7.91. The number of carbonyl (C=O) groups is 1. The molecule has 6 heteroatoms. The Balaban J connectivity index is 1.74. The van der Waals surface area contributed by atoms with Crippen LogP contribution in [-0.4, -0.2) is 30.6 Å². The van der Waals surface area contributed by atoms with Crippen molar-refractivity contribution in [2.24, 2.45) is 0 Å². The molecule has 1 aliphatic heterocycles. The predicted octanol–water partition coefficient (Wildman–Crippen LogP) is 4.34. The number of nitrogens with zero attached hydrogens (tertiary/aromatic N) is 1. The average molecular weight is 423 g/mol. The van der Waals surface area contributed by atoms with Crippen LogP contribution < -0.4 is 14.8 Å². The predicted molar refractivity (Wildman–Crippen MR) is 117 cm³/mol. The molecule has 2 fully saturated rings. The maximum atomic E-state index is 11.7. The zero-order valence-electron chi connectivity index (χ0n) is 16.8. The molecular formula is C24H23ClN2O3. The third-order valence-electron chi connectivity index (χ3n) is 5.33. The molecule has 2 heterocycles. The van der Waals surface area contributed by atoms with Crippen LogP contribution in [0.1, 0.15) is 48.4 Å². The summed E-state index contributed by atoms with van der Waals surface area (Å²) >= 11 is 6.43. The summed E-state index contributed by atoms with van der Waals surface area (Å²) in [5.41, 5.74) is 3.67. The Hall–Kier alpha value is -2.97. The Kier molecular flexibility index (Phi) is 5.96. The van der Waals surface area contributed by atoms with Gasteiger partial charge in [0.05, 0.1) is 17.8 Å². The number of terminal acetylenes is 1. The summed E-state index contributed by atoms with van der Waals surface area (Å²) in [5.74, 6) is 4.20. The molecule has 1 amide bonds. The molecule has 1 atom stereocenters. The number of pyridine rings is 1. The first-order valence-corrected chi connectivity index (χ1v) is 10.4. The van der Waals surface area contributed by atoms with Crippen LogP contribution >= 0.6 is 11.6 Å². The fraction of sp³-hybridized carbons (Fsp3) is 0.333. The number of nitrogens with one attached hydrogen (secondary N) is 1. The number of hydrogen-bond donors (Lipinski definition) is 1. The lowest BCUT2D eigenvalue weighted by Gasteiger charge is -2.15. The first-order valence-electron chi connectivity index (χ1n) is 10.0. The van der Waals surface area contributed by atoms with Crippen LogP contribution in [0, 0.1) is 12.3 Å². The lowest BCUT2D eigenvalue weighted by molar-refractivity contribution is -0.119. The summed E-state index contributed by atoms with van der Waals surface area (Å²) in [5, 5.41) is 3.46. The van der Waals surface area contributed by atoms with E-state index in [0.29, 0.717) is 29.0 Å². The number of rotatable bonds is 7. The van der Waals surface area contributed by atoms with Crippen LogP contribution in [0.2, 0.25) is 5.02 Å². The quantitative estimate of drug-likeness (QED) is 0.674. The number of carbonyl (C=O) groups excluding carboxylic acids is 1. The number of hydrogen-bond acceptors (Lipinski definition) is 4. The van der Waals surface area contributed by atoms with E-state index in [2.05, 4.69) is 17.3 Å². The topological polar surface area (TPSA) is 60.5 Å². The van der Waals surface area contributed by atoms with Gasteiger partial charge in [-0.2, -0.15) is 0 Å². The van der Waals surface area contributed by atoms with Gasteiger partial charge in [-0.3, -0.25) is 4.79 Å². The maximum absolute atomic E-state index is 11.7.